The Kier molecular flexibility index (Phi) is 6.08. The zero-order chi connectivity index (χ0) is 12.5. The quantitative estimate of drug-likeness (QED) is 0.692. The first-order valence-electron chi connectivity index (χ1n) is 5.58. The second kappa shape index (κ2) is 7.66. The molecule has 17 heavy (non-hydrogen) atoms. The Morgan fingerprint density at radius 3 is 2.94 bits per heavy atom. The molecular formula is C13H17N2O2. The van der Waals surface area contributed by atoms with E-state index in [2.05, 4.69) is 12.2 Å². The number of nitriles is 1. The van der Waals surface area contributed by atoms with Crippen LogP contribution in [-0.2, 0) is 0 Å². The fourth-order valence-electron chi connectivity index (χ4n) is 1.32. The first-order chi connectivity index (χ1) is 8.27. The molecule has 0 saturated heterocycles. The van der Waals surface area contributed by atoms with Crippen molar-refractivity contribution in [2.45, 2.75) is 12.5 Å². The number of ether oxygens (including phenoxy) is 1. The van der Waals surface area contributed by atoms with Gasteiger partial charge in [-0.3, -0.25) is 0 Å². The average Bonchev–Trinajstić information content (AvgIpc) is 2.37. The van der Waals surface area contributed by atoms with Gasteiger partial charge in [-0.05, 0) is 25.1 Å². The number of aliphatic hydroxyl groups excluding tert-OH is 1. The van der Waals surface area contributed by atoms with Gasteiger partial charge in [0.2, 0.25) is 0 Å². The highest BCUT2D eigenvalue weighted by molar-refractivity contribution is 5.42. The van der Waals surface area contributed by atoms with Gasteiger partial charge < -0.3 is 15.2 Å². The zero-order valence-corrected chi connectivity index (χ0v) is 9.72. The minimum Gasteiger partial charge on any atom is -0.489 e. The van der Waals surface area contributed by atoms with Gasteiger partial charge in [-0.1, -0.05) is 19.1 Å². The summed E-state index contributed by atoms with van der Waals surface area (Å²) in [5.41, 5.74) is 0.477. The molecule has 0 spiro atoms. The van der Waals surface area contributed by atoms with Crippen molar-refractivity contribution in [2.24, 2.45) is 0 Å². The van der Waals surface area contributed by atoms with Gasteiger partial charge in [-0.15, -0.1) is 0 Å². The molecule has 1 rings (SSSR count). The van der Waals surface area contributed by atoms with Crippen LogP contribution in [-0.4, -0.2) is 30.9 Å². The lowest BCUT2D eigenvalue weighted by molar-refractivity contribution is 0.106. The summed E-state index contributed by atoms with van der Waals surface area (Å²) in [6.07, 6.45) is 0.193. The van der Waals surface area contributed by atoms with Crippen LogP contribution in [0.3, 0.4) is 0 Å². The molecule has 0 aliphatic rings. The average molecular weight is 233 g/mol. The van der Waals surface area contributed by atoms with Gasteiger partial charge in [-0.2, -0.15) is 5.26 Å². The Morgan fingerprint density at radius 2 is 2.24 bits per heavy atom. The van der Waals surface area contributed by atoms with Crippen LogP contribution in [0.1, 0.15) is 12.0 Å². The van der Waals surface area contributed by atoms with Crippen molar-refractivity contribution in [1.29, 1.82) is 5.26 Å². The lowest BCUT2D eigenvalue weighted by Gasteiger charge is -2.13. The van der Waals surface area contributed by atoms with E-state index >= 15 is 0 Å². The molecule has 0 fully saturated rings. The second-order valence-corrected chi connectivity index (χ2v) is 3.63. The summed E-state index contributed by atoms with van der Waals surface area (Å²) < 4.78 is 5.39. The van der Waals surface area contributed by atoms with Gasteiger partial charge in [0, 0.05) is 6.54 Å². The molecule has 0 aliphatic carbocycles. The van der Waals surface area contributed by atoms with Crippen LogP contribution in [0, 0.1) is 18.3 Å². The van der Waals surface area contributed by atoms with Gasteiger partial charge in [0.1, 0.15) is 24.5 Å². The van der Waals surface area contributed by atoms with Gasteiger partial charge in [-0.25, -0.2) is 0 Å². The van der Waals surface area contributed by atoms with E-state index in [-0.39, 0.29) is 6.61 Å². The molecule has 0 aliphatic heterocycles. The van der Waals surface area contributed by atoms with Crippen molar-refractivity contribution in [3.8, 4) is 11.8 Å². The standard InChI is InChI=1S/C13H17N2O2/c1-2-7-15-9-12(16)10-17-13-6-4-3-5-11(13)8-14/h3-6,12,15-16H,1-2,7,9-10H2. The van der Waals surface area contributed by atoms with Crippen molar-refractivity contribution in [2.75, 3.05) is 19.7 Å². The van der Waals surface area contributed by atoms with E-state index < -0.39 is 6.10 Å². The molecule has 1 radical (unpaired) electrons. The predicted octanol–water partition coefficient (Wildman–Crippen LogP) is 1.11. The van der Waals surface area contributed by atoms with E-state index in [9.17, 15) is 5.11 Å². The fourth-order valence-corrected chi connectivity index (χ4v) is 1.32. The molecule has 1 aromatic carbocycles. The summed E-state index contributed by atoms with van der Waals surface area (Å²) >= 11 is 0. The maximum absolute atomic E-state index is 9.61. The third-order valence-corrected chi connectivity index (χ3v) is 2.17. The molecule has 0 bridgehead atoms. The zero-order valence-electron chi connectivity index (χ0n) is 9.72. The van der Waals surface area contributed by atoms with Crippen LogP contribution >= 0.6 is 0 Å². The number of aliphatic hydroxyl groups is 1. The minimum atomic E-state index is -0.590. The topological polar surface area (TPSA) is 65.3 Å². The molecule has 0 heterocycles. The van der Waals surface area contributed by atoms with Crippen molar-refractivity contribution in [1.82, 2.24) is 5.32 Å². The molecule has 0 saturated carbocycles. The maximum Gasteiger partial charge on any atom is 0.137 e. The number of para-hydroxylation sites is 1. The monoisotopic (exact) mass is 233 g/mol. The van der Waals surface area contributed by atoms with Crippen LogP contribution in [0.5, 0.6) is 5.75 Å². The molecule has 2 N–H and O–H groups in total. The van der Waals surface area contributed by atoms with E-state index in [1.807, 2.05) is 6.07 Å². The summed E-state index contributed by atoms with van der Waals surface area (Å²) in [7, 11) is 0. The molecule has 91 valence electrons. The van der Waals surface area contributed by atoms with Crippen LogP contribution in [0.2, 0.25) is 0 Å². The Labute approximate surface area is 102 Å². The summed E-state index contributed by atoms with van der Waals surface area (Å²) in [6.45, 7) is 5.09. The number of hydrogen-bond acceptors (Lipinski definition) is 4. The van der Waals surface area contributed by atoms with Crippen molar-refractivity contribution in [3.63, 3.8) is 0 Å². The van der Waals surface area contributed by atoms with Crippen LogP contribution in [0.15, 0.2) is 24.3 Å². The van der Waals surface area contributed by atoms with E-state index in [0.717, 1.165) is 13.0 Å². The predicted molar refractivity (Wildman–Crippen MR) is 65.5 cm³/mol. The minimum absolute atomic E-state index is 0.169. The lowest BCUT2D eigenvalue weighted by atomic mass is 10.2. The maximum atomic E-state index is 9.61. The second-order valence-electron chi connectivity index (χ2n) is 3.63. The van der Waals surface area contributed by atoms with Crippen molar-refractivity contribution >= 4 is 0 Å². The third-order valence-electron chi connectivity index (χ3n) is 2.17. The van der Waals surface area contributed by atoms with Crippen LogP contribution in [0.25, 0.3) is 0 Å². The largest absolute Gasteiger partial charge is 0.489 e. The summed E-state index contributed by atoms with van der Waals surface area (Å²) in [6, 6.07) is 9.01. The van der Waals surface area contributed by atoms with Gasteiger partial charge >= 0.3 is 0 Å². The number of nitrogens with one attached hydrogen (secondary N) is 1. The van der Waals surface area contributed by atoms with E-state index in [1.165, 1.54) is 0 Å². The lowest BCUT2D eigenvalue weighted by Crippen LogP contribution is -2.31. The first kappa shape index (κ1) is 13.5. The Bertz CT molecular complexity index is 374. The fraction of sp³-hybridized carbons (Fsp3) is 0.385. The van der Waals surface area contributed by atoms with Crippen molar-refractivity contribution in [3.05, 3.63) is 36.8 Å². The van der Waals surface area contributed by atoms with Gasteiger partial charge in [0.15, 0.2) is 0 Å². The molecule has 0 amide bonds. The molecular weight excluding hydrogens is 216 g/mol. The highest BCUT2D eigenvalue weighted by atomic mass is 16.5. The molecule has 1 aromatic rings. The smallest absolute Gasteiger partial charge is 0.137 e. The number of hydrogen-bond donors (Lipinski definition) is 2. The van der Waals surface area contributed by atoms with E-state index in [0.29, 0.717) is 17.9 Å². The van der Waals surface area contributed by atoms with E-state index in [1.54, 1.807) is 24.3 Å². The van der Waals surface area contributed by atoms with E-state index in [4.69, 9.17) is 10.00 Å². The summed E-state index contributed by atoms with van der Waals surface area (Å²) in [5.74, 6) is 0.506. The van der Waals surface area contributed by atoms with Crippen molar-refractivity contribution < 1.29 is 9.84 Å². The highest BCUT2D eigenvalue weighted by Crippen LogP contribution is 2.16. The van der Waals surface area contributed by atoms with Crippen LogP contribution in [0.4, 0.5) is 0 Å². The SMILES string of the molecule is [CH2]CCNCC(O)COc1ccccc1C#N. The Balaban J connectivity index is 2.37. The molecule has 4 heteroatoms. The van der Waals surface area contributed by atoms with Gasteiger partial charge in [0.25, 0.3) is 0 Å². The molecule has 1 unspecified atom stereocenters. The number of nitrogens with zero attached hydrogens (tertiary/aromatic N) is 1. The normalized spacial score (nSPS) is 11.8. The van der Waals surface area contributed by atoms with Gasteiger partial charge in [0.05, 0.1) is 5.56 Å². The third kappa shape index (κ3) is 4.85. The number of benzene rings is 1. The Morgan fingerprint density at radius 1 is 1.47 bits per heavy atom. The molecule has 4 nitrogen and oxygen atoms in total. The van der Waals surface area contributed by atoms with Crippen LogP contribution < -0.4 is 10.1 Å². The highest BCUT2D eigenvalue weighted by Gasteiger charge is 2.06. The summed E-state index contributed by atoms with van der Waals surface area (Å²) in [4.78, 5) is 0. The molecule has 1 atom stereocenters. The first-order valence-corrected chi connectivity index (χ1v) is 5.58. The summed E-state index contributed by atoms with van der Waals surface area (Å²) in [5, 5.41) is 21.5. The Hall–Kier alpha value is -1.57. The number of rotatable bonds is 7. The molecule has 0 aromatic heterocycles.